The maximum atomic E-state index is 12.8. The lowest BCUT2D eigenvalue weighted by molar-refractivity contribution is 0.102. The molecular weight excluding hydrogens is 352 g/mol. The second-order valence-corrected chi connectivity index (χ2v) is 7.07. The summed E-state index contributed by atoms with van der Waals surface area (Å²) in [7, 11) is 2.14. The highest BCUT2D eigenvalue weighted by molar-refractivity contribution is 6.06. The van der Waals surface area contributed by atoms with Crippen molar-refractivity contribution in [3.05, 3.63) is 72.6 Å². The molecular formula is C22H24N4O2. The van der Waals surface area contributed by atoms with Crippen LogP contribution in [0.1, 0.15) is 23.2 Å². The molecule has 1 N–H and O–H groups in total. The van der Waals surface area contributed by atoms with E-state index in [0.29, 0.717) is 5.56 Å². The molecule has 0 aliphatic carbocycles. The van der Waals surface area contributed by atoms with E-state index in [-0.39, 0.29) is 12.0 Å². The summed E-state index contributed by atoms with van der Waals surface area (Å²) in [6.45, 7) is 2.13. The molecule has 3 aromatic rings. The number of likely N-dealkylation sites (tertiary alicyclic amines) is 1. The highest BCUT2D eigenvalue weighted by Gasteiger charge is 2.18. The molecule has 144 valence electrons. The second-order valence-electron chi connectivity index (χ2n) is 7.07. The van der Waals surface area contributed by atoms with Crippen molar-refractivity contribution in [2.45, 2.75) is 18.9 Å². The minimum absolute atomic E-state index is 0.171. The van der Waals surface area contributed by atoms with Crippen molar-refractivity contribution in [1.82, 2.24) is 14.7 Å². The van der Waals surface area contributed by atoms with E-state index < -0.39 is 0 Å². The summed E-state index contributed by atoms with van der Waals surface area (Å²) in [5.74, 6) is 0.666. The van der Waals surface area contributed by atoms with Crippen molar-refractivity contribution in [2.24, 2.45) is 0 Å². The number of nitrogens with one attached hydrogen (secondary N) is 1. The van der Waals surface area contributed by atoms with Crippen molar-refractivity contribution in [3.63, 3.8) is 0 Å². The summed E-state index contributed by atoms with van der Waals surface area (Å²) >= 11 is 0. The predicted molar refractivity (Wildman–Crippen MR) is 109 cm³/mol. The zero-order valence-electron chi connectivity index (χ0n) is 15.9. The fourth-order valence-electron chi connectivity index (χ4n) is 3.39. The average molecular weight is 376 g/mol. The number of aromatic nitrogens is 2. The molecule has 1 fully saturated rings. The highest BCUT2D eigenvalue weighted by Crippen LogP contribution is 2.22. The van der Waals surface area contributed by atoms with E-state index in [4.69, 9.17) is 4.74 Å². The number of anilines is 1. The first-order chi connectivity index (χ1) is 13.7. The van der Waals surface area contributed by atoms with E-state index in [1.165, 1.54) is 0 Å². The third kappa shape index (κ3) is 4.23. The minimum Gasteiger partial charge on any atom is -0.490 e. The second kappa shape index (κ2) is 8.27. The predicted octanol–water partition coefficient (Wildman–Crippen LogP) is 3.60. The van der Waals surface area contributed by atoms with E-state index in [9.17, 15) is 4.79 Å². The van der Waals surface area contributed by atoms with E-state index in [0.717, 1.165) is 43.1 Å². The van der Waals surface area contributed by atoms with Gasteiger partial charge in [-0.15, -0.1) is 0 Å². The lowest BCUT2D eigenvalue weighted by Gasteiger charge is -2.29. The molecule has 2 heterocycles. The van der Waals surface area contributed by atoms with Crippen LogP contribution in [0.5, 0.6) is 5.75 Å². The smallest absolute Gasteiger partial charge is 0.257 e. The number of hydrogen-bond donors (Lipinski definition) is 1. The van der Waals surface area contributed by atoms with Gasteiger partial charge in [0, 0.05) is 31.2 Å². The van der Waals surface area contributed by atoms with Crippen LogP contribution in [0, 0.1) is 0 Å². The Balaban J connectivity index is 1.42. The van der Waals surface area contributed by atoms with Gasteiger partial charge in [-0.25, -0.2) is 4.68 Å². The van der Waals surface area contributed by atoms with E-state index in [1.807, 2.05) is 54.7 Å². The van der Waals surface area contributed by atoms with Crippen LogP contribution in [0.2, 0.25) is 0 Å². The molecule has 1 saturated heterocycles. The Labute approximate surface area is 164 Å². The number of rotatable bonds is 5. The Bertz CT molecular complexity index is 914. The number of ether oxygens (including phenoxy) is 1. The Morgan fingerprint density at radius 2 is 1.82 bits per heavy atom. The maximum Gasteiger partial charge on any atom is 0.257 e. The summed E-state index contributed by atoms with van der Waals surface area (Å²) in [6, 6.07) is 16.8. The average Bonchev–Trinajstić information content (AvgIpc) is 3.26. The number of carbonyl (C=O) groups excluding carboxylic acids is 1. The molecule has 1 amide bonds. The molecule has 0 saturated carbocycles. The van der Waals surface area contributed by atoms with Crippen molar-refractivity contribution in [2.75, 3.05) is 25.5 Å². The SMILES string of the molecule is CN1CCC(Oc2ccc(NC(=O)c3ccccc3-n3cccn3)cc2)CC1. The van der Waals surface area contributed by atoms with Crippen LogP contribution in [0.25, 0.3) is 5.69 Å². The van der Waals surface area contributed by atoms with Crippen molar-refractivity contribution in [1.29, 1.82) is 0 Å². The van der Waals surface area contributed by atoms with Gasteiger partial charge in [0.2, 0.25) is 0 Å². The normalized spacial score (nSPS) is 15.3. The van der Waals surface area contributed by atoms with Crippen LogP contribution < -0.4 is 10.1 Å². The van der Waals surface area contributed by atoms with Crippen molar-refractivity contribution >= 4 is 11.6 Å². The van der Waals surface area contributed by atoms with Crippen LogP contribution in [0.4, 0.5) is 5.69 Å². The first-order valence-corrected chi connectivity index (χ1v) is 9.55. The molecule has 0 atom stereocenters. The van der Waals surface area contributed by atoms with Gasteiger partial charge in [-0.2, -0.15) is 5.10 Å². The van der Waals surface area contributed by atoms with Gasteiger partial charge in [-0.1, -0.05) is 12.1 Å². The van der Waals surface area contributed by atoms with Crippen LogP contribution in [-0.4, -0.2) is 46.8 Å². The molecule has 1 aromatic heterocycles. The van der Waals surface area contributed by atoms with Crippen LogP contribution in [0.15, 0.2) is 67.0 Å². The van der Waals surface area contributed by atoms with Gasteiger partial charge in [0.15, 0.2) is 0 Å². The van der Waals surface area contributed by atoms with Gasteiger partial charge in [-0.3, -0.25) is 4.79 Å². The summed E-state index contributed by atoms with van der Waals surface area (Å²) in [6.07, 6.45) is 5.86. The Morgan fingerprint density at radius 1 is 1.07 bits per heavy atom. The third-order valence-electron chi connectivity index (χ3n) is 4.98. The molecule has 0 bridgehead atoms. The van der Waals surface area contributed by atoms with Crippen LogP contribution in [-0.2, 0) is 0 Å². The first kappa shape index (κ1) is 18.3. The monoisotopic (exact) mass is 376 g/mol. The number of carbonyl (C=O) groups is 1. The molecule has 1 aliphatic rings. The number of para-hydroxylation sites is 1. The number of benzene rings is 2. The van der Waals surface area contributed by atoms with Crippen LogP contribution >= 0.6 is 0 Å². The molecule has 28 heavy (non-hydrogen) atoms. The summed E-state index contributed by atoms with van der Waals surface area (Å²) in [5.41, 5.74) is 2.04. The molecule has 4 rings (SSSR count). The third-order valence-corrected chi connectivity index (χ3v) is 4.98. The topological polar surface area (TPSA) is 59.4 Å². The highest BCUT2D eigenvalue weighted by atomic mass is 16.5. The van der Waals surface area contributed by atoms with Gasteiger partial charge in [0.1, 0.15) is 11.9 Å². The minimum atomic E-state index is -0.171. The van der Waals surface area contributed by atoms with Gasteiger partial charge in [-0.05, 0) is 62.4 Å². The summed E-state index contributed by atoms with van der Waals surface area (Å²) < 4.78 is 7.75. The largest absolute Gasteiger partial charge is 0.490 e. The fraction of sp³-hybridized carbons (Fsp3) is 0.273. The fourth-order valence-corrected chi connectivity index (χ4v) is 3.39. The quantitative estimate of drug-likeness (QED) is 0.739. The van der Waals surface area contributed by atoms with Crippen molar-refractivity contribution in [3.8, 4) is 11.4 Å². The van der Waals surface area contributed by atoms with Gasteiger partial charge >= 0.3 is 0 Å². The van der Waals surface area contributed by atoms with Crippen molar-refractivity contribution < 1.29 is 9.53 Å². The van der Waals surface area contributed by atoms with Gasteiger partial charge < -0.3 is 15.0 Å². The summed E-state index contributed by atoms with van der Waals surface area (Å²) in [5, 5.41) is 7.18. The number of hydrogen-bond acceptors (Lipinski definition) is 4. The van der Waals surface area contributed by atoms with E-state index in [2.05, 4.69) is 22.4 Å². The maximum absolute atomic E-state index is 12.8. The molecule has 6 nitrogen and oxygen atoms in total. The Kier molecular flexibility index (Phi) is 5.39. The number of nitrogens with zero attached hydrogens (tertiary/aromatic N) is 3. The first-order valence-electron chi connectivity index (χ1n) is 9.55. The lowest BCUT2D eigenvalue weighted by Crippen LogP contribution is -2.35. The number of piperidine rings is 1. The standard InChI is InChI=1S/C22H24N4O2/c1-25-15-11-19(12-16-25)28-18-9-7-17(8-10-18)24-22(27)20-5-2-3-6-21(20)26-14-4-13-23-26/h2-10,13-14,19H,11-12,15-16H2,1H3,(H,24,27). The Morgan fingerprint density at radius 3 is 2.54 bits per heavy atom. The molecule has 0 radical (unpaired) electrons. The van der Waals surface area contributed by atoms with Crippen LogP contribution in [0.3, 0.4) is 0 Å². The summed E-state index contributed by atoms with van der Waals surface area (Å²) in [4.78, 5) is 15.1. The molecule has 0 spiro atoms. The lowest BCUT2D eigenvalue weighted by atomic mass is 10.1. The number of amides is 1. The van der Waals surface area contributed by atoms with Gasteiger partial charge in [0.05, 0.1) is 11.3 Å². The molecule has 0 unspecified atom stereocenters. The molecule has 2 aromatic carbocycles. The molecule has 1 aliphatic heterocycles. The Hall–Kier alpha value is -3.12. The van der Waals surface area contributed by atoms with E-state index >= 15 is 0 Å². The zero-order valence-corrected chi connectivity index (χ0v) is 15.9. The zero-order chi connectivity index (χ0) is 19.3. The van der Waals surface area contributed by atoms with Gasteiger partial charge in [0.25, 0.3) is 5.91 Å². The van der Waals surface area contributed by atoms with E-state index in [1.54, 1.807) is 16.9 Å². The molecule has 6 heteroatoms.